The summed E-state index contributed by atoms with van der Waals surface area (Å²) in [6.07, 6.45) is 5.01. The van der Waals surface area contributed by atoms with Crippen LogP contribution in [0.5, 0.6) is 0 Å². The molecule has 2 aromatic rings. The van der Waals surface area contributed by atoms with Gasteiger partial charge < -0.3 is 11.5 Å². The second kappa shape index (κ2) is 5.06. The van der Waals surface area contributed by atoms with Gasteiger partial charge in [0.15, 0.2) is 0 Å². The summed E-state index contributed by atoms with van der Waals surface area (Å²) in [6, 6.07) is 14.5. The van der Waals surface area contributed by atoms with Crippen LogP contribution in [-0.4, -0.2) is 0 Å². The van der Waals surface area contributed by atoms with Crippen LogP contribution in [0.4, 0.5) is 5.69 Å². The minimum atomic E-state index is -0.0873. The average molecular weight is 252 g/mol. The summed E-state index contributed by atoms with van der Waals surface area (Å²) in [6.45, 7) is 0. The van der Waals surface area contributed by atoms with E-state index in [0.29, 0.717) is 0 Å². The van der Waals surface area contributed by atoms with Crippen molar-refractivity contribution in [2.24, 2.45) is 5.73 Å². The van der Waals surface area contributed by atoms with Crippen LogP contribution in [0.2, 0.25) is 0 Å². The lowest BCUT2D eigenvalue weighted by Gasteiger charge is -2.19. The van der Waals surface area contributed by atoms with E-state index in [1.165, 1.54) is 42.4 Å². The summed E-state index contributed by atoms with van der Waals surface area (Å²) in [5.41, 5.74) is 18.2. The molecule has 0 bridgehead atoms. The molecule has 4 N–H and O–H groups in total. The first kappa shape index (κ1) is 12.2. The van der Waals surface area contributed by atoms with Gasteiger partial charge in [0.1, 0.15) is 0 Å². The quantitative estimate of drug-likeness (QED) is 0.806. The minimum Gasteiger partial charge on any atom is -0.399 e. The lowest BCUT2D eigenvalue weighted by molar-refractivity contribution is 0.682. The zero-order valence-corrected chi connectivity index (χ0v) is 11.1. The van der Waals surface area contributed by atoms with Crippen molar-refractivity contribution in [1.29, 1.82) is 0 Å². The smallest absolute Gasteiger partial charge is 0.0552 e. The van der Waals surface area contributed by atoms with Crippen molar-refractivity contribution in [2.45, 2.75) is 31.7 Å². The van der Waals surface area contributed by atoms with Gasteiger partial charge in [0.25, 0.3) is 0 Å². The van der Waals surface area contributed by atoms with E-state index in [1.54, 1.807) is 0 Å². The summed E-state index contributed by atoms with van der Waals surface area (Å²) in [5, 5.41) is 0. The Kier molecular flexibility index (Phi) is 3.26. The molecule has 2 heteroatoms. The Balaban J connectivity index is 1.93. The highest BCUT2D eigenvalue weighted by atomic mass is 14.6. The Morgan fingerprint density at radius 2 is 1.58 bits per heavy atom. The average Bonchev–Trinajstić information content (AvgIpc) is 2.46. The van der Waals surface area contributed by atoms with Crippen LogP contribution in [0.25, 0.3) is 0 Å². The predicted octanol–water partition coefficient (Wildman–Crippen LogP) is 3.20. The van der Waals surface area contributed by atoms with Crippen molar-refractivity contribution in [2.75, 3.05) is 5.73 Å². The van der Waals surface area contributed by atoms with Gasteiger partial charge in [-0.1, -0.05) is 30.3 Å². The van der Waals surface area contributed by atoms with E-state index in [2.05, 4.69) is 18.2 Å². The van der Waals surface area contributed by atoms with Crippen LogP contribution in [-0.2, 0) is 12.8 Å². The van der Waals surface area contributed by atoms with Gasteiger partial charge in [-0.15, -0.1) is 0 Å². The number of aryl methyl sites for hydroxylation is 2. The van der Waals surface area contributed by atoms with Crippen LogP contribution in [0.3, 0.4) is 0 Å². The molecule has 98 valence electrons. The molecule has 1 atom stereocenters. The largest absolute Gasteiger partial charge is 0.399 e. The monoisotopic (exact) mass is 252 g/mol. The summed E-state index contributed by atoms with van der Waals surface area (Å²) in [4.78, 5) is 0. The highest BCUT2D eigenvalue weighted by molar-refractivity contribution is 5.45. The lowest BCUT2D eigenvalue weighted by Crippen LogP contribution is -2.13. The molecule has 0 amide bonds. The zero-order chi connectivity index (χ0) is 13.2. The molecule has 1 unspecified atom stereocenters. The first-order valence-electron chi connectivity index (χ1n) is 6.97. The normalized spacial score (nSPS) is 15.8. The number of hydrogen-bond acceptors (Lipinski definition) is 2. The lowest BCUT2D eigenvalue weighted by atomic mass is 9.88. The molecule has 0 heterocycles. The van der Waals surface area contributed by atoms with Crippen molar-refractivity contribution in [3.63, 3.8) is 0 Å². The van der Waals surface area contributed by atoms with Crippen LogP contribution < -0.4 is 11.5 Å². The van der Waals surface area contributed by atoms with Gasteiger partial charge in [0.05, 0.1) is 6.04 Å². The highest BCUT2D eigenvalue weighted by Gasteiger charge is 2.14. The van der Waals surface area contributed by atoms with Crippen LogP contribution in [0, 0.1) is 0 Å². The van der Waals surface area contributed by atoms with Gasteiger partial charge in [0.2, 0.25) is 0 Å². The summed E-state index contributed by atoms with van der Waals surface area (Å²) in [5.74, 6) is 0. The van der Waals surface area contributed by atoms with Crippen molar-refractivity contribution in [3.8, 4) is 0 Å². The van der Waals surface area contributed by atoms with Crippen LogP contribution in [0.15, 0.2) is 42.5 Å². The maximum absolute atomic E-state index is 6.36. The van der Waals surface area contributed by atoms with Gasteiger partial charge in [-0.2, -0.15) is 0 Å². The van der Waals surface area contributed by atoms with Gasteiger partial charge >= 0.3 is 0 Å². The number of fused-ring (bicyclic) bond motifs is 1. The van der Waals surface area contributed by atoms with Gasteiger partial charge in [-0.05, 0) is 60.1 Å². The van der Waals surface area contributed by atoms with Gasteiger partial charge in [-0.25, -0.2) is 0 Å². The van der Waals surface area contributed by atoms with E-state index in [0.717, 1.165) is 11.3 Å². The van der Waals surface area contributed by atoms with E-state index in [1.807, 2.05) is 24.3 Å². The highest BCUT2D eigenvalue weighted by Crippen LogP contribution is 2.27. The third-order valence-corrected chi connectivity index (χ3v) is 4.00. The zero-order valence-electron chi connectivity index (χ0n) is 11.1. The van der Waals surface area contributed by atoms with E-state index < -0.39 is 0 Å². The fourth-order valence-corrected chi connectivity index (χ4v) is 2.89. The molecule has 0 saturated carbocycles. The molecule has 1 aliphatic carbocycles. The van der Waals surface area contributed by atoms with E-state index in [4.69, 9.17) is 11.5 Å². The summed E-state index contributed by atoms with van der Waals surface area (Å²) >= 11 is 0. The molecule has 19 heavy (non-hydrogen) atoms. The maximum Gasteiger partial charge on any atom is 0.0552 e. The molecule has 2 nitrogen and oxygen atoms in total. The molecular formula is C17H20N2. The SMILES string of the molecule is Nc1cccc(C(N)c2ccc3c(c2)CCCC3)c1. The molecule has 0 fully saturated rings. The number of anilines is 1. The second-order valence-electron chi connectivity index (χ2n) is 5.38. The summed E-state index contributed by atoms with van der Waals surface area (Å²) < 4.78 is 0. The molecular weight excluding hydrogens is 232 g/mol. The number of benzene rings is 2. The van der Waals surface area contributed by atoms with Crippen molar-refractivity contribution in [3.05, 3.63) is 64.7 Å². The third kappa shape index (κ3) is 2.49. The molecule has 0 spiro atoms. The number of rotatable bonds is 2. The number of nitrogens with two attached hydrogens (primary N) is 2. The first-order valence-corrected chi connectivity index (χ1v) is 6.97. The van der Waals surface area contributed by atoms with E-state index in [9.17, 15) is 0 Å². The molecule has 0 aromatic heterocycles. The Morgan fingerprint density at radius 3 is 2.37 bits per heavy atom. The Labute approximate surface area is 114 Å². The van der Waals surface area contributed by atoms with Gasteiger partial charge in [0, 0.05) is 5.69 Å². The van der Waals surface area contributed by atoms with Gasteiger partial charge in [-0.3, -0.25) is 0 Å². The molecule has 0 radical (unpaired) electrons. The third-order valence-electron chi connectivity index (χ3n) is 4.00. The maximum atomic E-state index is 6.36. The van der Waals surface area contributed by atoms with Crippen molar-refractivity contribution in [1.82, 2.24) is 0 Å². The van der Waals surface area contributed by atoms with Crippen LogP contribution in [0.1, 0.15) is 41.1 Å². The number of hydrogen-bond donors (Lipinski definition) is 2. The predicted molar refractivity (Wildman–Crippen MR) is 80.0 cm³/mol. The van der Waals surface area contributed by atoms with Crippen LogP contribution >= 0.6 is 0 Å². The first-order chi connectivity index (χ1) is 9.24. The minimum absolute atomic E-state index is 0.0873. The molecule has 0 aliphatic heterocycles. The van der Waals surface area contributed by atoms with E-state index in [-0.39, 0.29) is 6.04 Å². The Morgan fingerprint density at radius 1 is 0.842 bits per heavy atom. The fourth-order valence-electron chi connectivity index (χ4n) is 2.89. The number of nitrogen functional groups attached to an aromatic ring is 1. The van der Waals surface area contributed by atoms with E-state index >= 15 is 0 Å². The standard InChI is InChI=1S/C17H20N2/c18-16-7-3-6-14(11-16)17(19)15-9-8-12-4-1-2-5-13(12)10-15/h3,6-11,17H,1-2,4-5,18-19H2. The molecule has 1 aliphatic rings. The fraction of sp³-hybridized carbons (Fsp3) is 0.294. The molecule has 2 aromatic carbocycles. The topological polar surface area (TPSA) is 52.0 Å². The Bertz CT molecular complexity index is 590. The Hall–Kier alpha value is -1.80. The summed E-state index contributed by atoms with van der Waals surface area (Å²) in [7, 11) is 0. The van der Waals surface area contributed by atoms with Crippen molar-refractivity contribution < 1.29 is 0 Å². The molecule has 3 rings (SSSR count). The molecule has 0 saturated heterocycles. The van der Waals surface area contributed by atoms with Crippen molar-refractivity contribution >= 4 is 5.69 Å². The second-order valence-corrected chi connectivity index (χ2v) is 5.38.